The molecule has 0 radical (unpaired) electrons. The van der Waals surface area contributed by atoms with E-state index in [1.807, 2.05) is 22.9 Å². The van der Waals surface area contributed by atoms with Crippen molar-refractivity contribution in [1.82, 2.24) is 14.8 Å². The molecule has 3 aromatic rings. The Morgan fingerprint density at radius 1 is 1.36 bits per heavy atom. The van der Waals surface area contributed by atoms with Gasteiger partial charge in [-0.15, -0.1) is 21.5 Å². The molecule has 12 heteroatoms. The molecule has 1 fully saturated rings. The first kappa shape index (κ1) is 24.1. The van der Waals surface area contributed by atoms with E-state index in [1.54, 1.807) is 11.3 Å². The number of thiophene rings is 1. The predicted octanol–water partition coefficient (Wildman–Crippen LogP) is 5.90. The van der Waals surface area contributed by atoms with Crippen molar-refractivity contribution in [2.75, 3.05) is 17.7 Å². The van der Waals surface area contributed by atoms with Gasteiger partial charge in [-0.1, -0.05) is 23.4 Å². The van der Waals surface area contributed by atoms with Gasteiger partial charge < -0.3 is 10.1 Å². The Kier molecular flexibility index (Phi) is 7.32. The van der Waals surface area contributed by atoms with Crippen LogP contribution in [0.2, 0.25) is 5.02 Å². The van der Waals surface area contributed by atoms with E-state index >= 15 is 0 Å². The summed E-state index contributed by atoms with van der Waals surface area (Å²) in [6.45, 7) is 3.27. The van der Waals surface area contributed by atoms with Gasteiger partial charge in [0.2, 0.25) is 5.91 Å². The zero-order valence-electron chi connectivity index (χ0n) is 17.5. The number of amides is 1. The summed E-state index contributed by atoms with van der Waals surface area (Å²) in [5, 5.41) is 13.6. The highest BCUT2D eigenvalue weighted by Crippen LogP contribution is 2.34. The Labute approximate surface area is 201 Å². The summed E-state index contributed by atoms with van der Waals surface area (Å²) in [5.74, 6) is 0.123. The number of hydrogen-bond acceptors (Lipinski definition) is 6. The molecule has 1 saturated heterocycles. The number of carbonyl (C=O) groups excluding carboxylic acids is 1. The van der Waals surface area contributed by atoms with Crippen LogP contribution in [-0.2, 0) is 22.3 Å². The van der Waals surface area contributed by atoms with E-state index in [-0.39, 0.29) is 22.6 Å². The van der Waals surface area contributed by atoms with Crippen molar-refractivity contribution in [3.63, 3.8) is 0 Å². The molecule has 1 atom stereocenters. The molecule has 0 saturated carbocycles. The maximum atomic E-state index is 13.0. The Morgan fingerprint density at radius 2 is 2.18 bits per heavy atom. The lowest BCUT2D eigenvalue weighted by Crippen LogP contribution is -2.18. The largest absolute Gasteiger partial charge is 0.416 e. The van der Waals surface area contributed by atoms with E-state index in [9.17, 15) is 18.0 Å². The van der Waals surface area contributed by atoms with Gasteiger partial charge in [0.05, 0.1) is 34.7 Å². The predicted molar refractivity (Wildman–Crippen MR) is 123 cm³/mol. The van der Waals surface area contributed by atoms with Crippen molar-refractivity contribution >= 4 is 46.3 Å². The molecule has 0 spiro atoms. The second-order valence-electron chi connectivity index (χ2n) is 7.53. The smallest absolute Gasteiger partial charge is 0.376 e. The van der Waals surface area contributed by atoms with Crippen LogP contribution in [0.5, 0.6) is 0 Å². The highest BCUT2D eigenvalue weighted by Gasteiger charge is 2.31. The zero-order chi connectivity index (χ0) is 23.6. The molecule has 2 aromatic heterocycles. The number of hydrogen-bond donors (Lipinski definition) is 1. The van der Waals surface area contributed by atoms with Gasteiger partial charge in [-0.05, 0) is 44.0 Å². The minimum absolute atomic E-state index is 0.0259. The standard InChI is InChI=1S/C21H20ClF3N4O2S2/c1-12-7-13(10-32-12)19-27-28-20(29(19)9-15-3-2-6-31-15)33-11-18(30)26-17-8-14(21(23,24)25)4-5-16(17)22/h4-5,7-8,10,15H,2-3,6,9,11H2,1H3,(H,26,30). The van der Waals surface area contributed by atoms with E-state index in [4.69, 9.17) is 16.3 Å². The van der Waals surface area contributed by atoms with Crippen molar-refractivity contribution in [2.24, 2.45) is 0 Å². The van der Waals surface area contributed by atoms with Gasteiger partial charge in [0.15, 0.2) is 11.0 Å². The van der Waals surface area contributed by atoms with Gasteiger partial charge in [0.1, 0.15) is 0 Å². The number of benzene rings is 1. The van der Waals surface area contributed by atoms with Crippen molar-refractivity contribution < 1.29 is 22.7 Å². The van der Waals surface area contributed by atoms with Crippen molar-refractivity contribution in [1.29, 1.82) is 0 Å². The molecular formula is C21H20ClF3N4O2S2. The third kappa shape index (κ3) is 5.89. The number of halogens is 4. The highest BCUT2D eigenvalue weighted by atomic mass is 35.5. The van der Waals surface area contributed by atoms with Gasteiger partial charge in [0.25, 0.3) is 0 Å². The first-order chi connectivity index (χ1) is 15.7. The number of ether oxygens (including phenoxy) is 1. The molecule has 1 amide bonds. The average molecular weight is 517 g/mol. The molecule has 1 N–H and O–H groups in total. The van der Waals surface area contributed by atoms with Gasteiger partial charge in [0, 0.05) is 22.4 Å². The maximum Gasteiger partial charge on any atom is 0.416 e. The zero-order valence-corrected chi connectivity index (χ0v) is 19.9. The van der Waals surface area contributed by atoms with E-state index < -0.39 is 17.6 Å². The summed E-state index contributed by atoms with van der Waals surface area (Å²) in [5.41, 5.74) is -0.0377. The topological polar surface area (TPSA) is 69.0 Å². The molecule has 33 heavy (non-hydrogen) atoms. The molecule has 4 rings (SSSR count). The van der Waals surface area contributed by atoms with Gasteiger partial charge in [-0.2, -0.15) is 13.2 Å². The number of nitrogens with one attached hydrogen (secondary N) is 1. The monoisotopic (exact) mass is 516 g/mol. The van der Waals surface area contributed by atoms with E-state index in [1.165, 1.54) is 0 Å². The summed E-state index contributed by atoms with van der Waals surface area (Å²) >= 11 is 8.74. The number of aromatic nitrogens is 3. The molecule has 3 heterocycles. The molecule has 176 valence electrons. The van der Waals surface area contributed by atoms with Crippen LogP contribution in [0.15, 0.2) is 34.8 Å². The SMILES string of the molecule is Cc1cc(-c2nnc(SCC(=O)Nc3cc(C(F)(F)F)ccc3Cl)n2CC2CCCO2)cs1. The third-order valence-corrected chi connectivity index (χ3v) is 7.17. The summed E-state index contributed by atoms with van der Waals surface area (Å²) < 4.78 is 46.6. The van der Waals surface area contributed by atoms with Crippen molar-refractivity contribution in [3.8, 4) is 11.4 Å². The summed E-state index contributed by atoms with van der Waals surface area (Å²) in [4.78, 5) is 13.6. The fourth-order valence-corrected chi connectivity index (χ4v) is 5.03. The Hall–Kier alpha value is -2.08. The lowest BCUT2D eigenvalue weighted by molar-refractivity contribution is -0.137. The number of aryl methyl sites for hydroxylation is 1. The number of nitrogens with zero attached hydrogens (tertiary/aromatic N) is 3. The van der Waals surface area contributed by atoms with Gasteiger partial charge >= 0.3 is 6.18 Å². The molecule has 1 aliphatic heterocycles. The number of alkyl halides is 3. The molecule has 1 aliphatic rings. The highest BCUT2D eigenvalue weighted by molar-refractivity contribution is 7.99. The summed E-state index contributed by atoms with van der Waals surface area (Å²) in [6.07, 6.45) is -2.58. The molecule has 1 aromatic carbocycles. The lowest BCUT2D eigenvalue weighted by Gasteiger charge is -2.14. The molecule has 1 unspecified atom stereocenters. The van der Waals surface area contributed by atoms with Crippen LogP contribution in [0, 0.1) is 6.92 Å². The van der Waals surface area contributed by atoms with Gasteiger partial charge in [-0.25, -0.2) is 0 Å². The molecule has 0 bridgehead atoms. The van der Waals surface area contributed by atoms with Crippen LogP contribution < -0.4 is 5.32 Å². The first-order valence-corrected chi connectivity index (χ1v) is 12.3. The van der Waals surface area contributed by atoms with Crippen LogP contribution in [-0.4, -0.2) is 39.1 Å². The summed E-state index contributed by atoms with van der Waals surface area (Å²) in [7, 11) is 0. The normalized spacial score (nSPS) is 16.3. The molecule has 6 nitrogen and oxygen atoms in total. The Bertz CT molecular complexity index is 1140. The van der Waals surface area contributed by atoms with Crippen LogP contribution in [0.25, 0.3) is 11.4 Å². The number of rotatable bonds is 7. The lowest BCUT2D eigenvalue weighted by atomic mass is 10.2. The van der Waals surface area contributed by atoms with Gasteiger partial charge in [-0.3, -0.25) is 9.36 Å². The number of carbonyl (C=O) groups is 1. The average Bonchev–Trinajstić information content (AvgIpc) is 3.49. The second kappa shape index (κ2) is 10.0. The minimum Gasteiger partial charge on any atom is -0.376 e. The number of anilines is 1. The van der Waals surface area contributed by atoms with Crippen molar-refractivity contribution in [3.05, 3.63) is 45.1 Å². The Balaban J connectivity index is 1.49. The second-order valence-corrected chi connectivity index (χ2v) is 9.99. The van der Waals surface area contributed by atoms with E-state index in [0.29, 0.717) is 24.1 Å². The van der Waals surface area contributed by atoms with Crippen molar-refractivity contribution in [2.45, 2.75) is 43.7 Å². The quantitative estimate of drug-likeness (QED) is 0.396. The first-order valence-electron chi connectivity index (χ1n) is 10.1. The third-order valence-electron chi connectivity index (χ3n) is 5.02. The minimum atomic E-state index is -4.53. The fraction of sp³-hybridized carbons (Fsp3) is 0.381. The summed E-state index contributed by atoms with van der Waals surface area (Å²) in [6, 6.07) is 4.83. The molecular weight excluding hydrogens is 497 g/mol. The number of thioether (sulfide) groups is 1. The van der Waals surface area contributed by atoms with Crippen LogP contribution in [0.3, 0.4) is 0 Å². The van der Waals surface area contributed by atoms with E-state index in [2.05, 4.69) is 15.5 Å². The maximum absolute atomic E-state index is 13.0. The molecule has 0 aliphatic carbocycles. The van der Waals surface area contributed by atoms with Crippen LogP contribution >= 0.6 is 34.7 Å². The van der Waals surface area contributed by atoms with Crippen LogP contribution in [0.4, 0.5) is 18.9 Å². The fourth-order valence-electron chi connectivity index (χ4n) is 3.44. The van der Waals surface area contributed by atoms with E-state index in [0.717, 1.165) is 53.2 Å². The Morgan fingerprint density at radius 3 is 2.85 bits per heavy atom. The van der Waals surface area contributed by atoms with Crippen LogP contribution in [0.1, 0.15) is 23.3 Å².